The van der Waals surface area contributed by atoms with Crippen LogP contribution < -0.4 is 9.64 Å². The molecule has 1 heterocycles. The van der Waals surface area contributed by atoms with Crippen molar-refractivity contribution in [2.75, 3.05) is 17.3 Å². The van der Waals surface area contributed by atoms with Crippen LogP contribution in [0.3, 0.4) is 0 Å². The first-order chi connectivity index (χ1) is 12.5. The summed E-state index contributed by atoms with van der Waals surface area (Å²) in [6.45, 7) is 11.2. The summed E-state index contributed by atoms with van der Waals surface area (Å²) in [7, 11) is 0. The predicted molar refractivity (Wildman–Crippen MR) is 113 cm³/mol. The topological polar surface area (TPSA) is 29.5 Å². The molecule has 4 heteroatoms. The van der Waals surface area contributed by atoms with Gasteiger partial charge in [-0.1, -0.05) is 41.0 Å². The fourth-order valence-corrected chi connectivity index (χ4v) is 3.30. The van der Waals surface area contributed by atoms with E-state index >= 15 is 0 Å². The molecule has 26 heavy (non-hydrogen) atoms. The van der Waals surface area contributed by atoms with Crippen LogP contribution in [0.25, 0.3) is 0 Å². The molecule has 0 aromatic heterocycles. The van der Waals surface area contributed by atoms with Gasteiger partial charge in [0.2, 0.25) is 5.91 Å². The Labute approximate surface area is 165 Å². The maximum Gasteiger partial charge on any atom is 0.241 e. The molecule has 0 N–H and O–H groups in total. The number of halogens is 1. The Bertz CT molecular complexity index is 536. The summed E-state index contributed by atoms with van der Waals surface area (Å²) in [6.07, 6.45) is 7.45. The molecule has 1 amide bonds. The van der Waals surface area contributed by atoms with Crippen LogP contribution in [-0.2, 0) is 11.2 Å². The van der Waals surface area contributed by atoms with Gasteiger partial charge in [0, 0.05) is 12.2 Å². The average Bonchev–Trinajstić information content (AvgIpc) is 3.06. The zero-order valence-electron chi connectivity index (χ0n) is 17.2. The van der Waals surface area contributed by atoms with E-state index in [2.05, 4.69) is 26.8 Å². The minimum atomic E-state index is -0.0219. The maximum atomic E-state index is 11.7. The molecule has 1 saturated carbocycles. The standard InChI is InChI=1S/C16H20ClNO2.C4H10.C2H6/c17-11-16(19)18-9-8-12-10-14(6-7-15(12)18)20-13-4-2-1-3-5-13;1-4(2)3;1-2/h6-7,10,13H,1-5,8-9,11H2;4H,1-3H3;1-2H3. The molecule has 0 spiro atoms. The van der Waals surface area contributed by atoms with Crippen molar-refractivity contribution < 1.29 is 9.53 Å². The molecule has 0 atom stereocenters. The summed E-state index contributed by atoms with van der Waals surface area (Å²) in [5.41, 5.74) is 2.18. The zero-order valence-corrected chi connectivity index (χ0v) is 17.9. The van der Waals surface area contributed by atoms with Crippen molar-refractivity contribution in [1.82, 2.24) is 0 Å². The van der Waals surface area contributed by atoms with E-state index in [-0.39, 0.29) is 11.8 Å². The minimum Gasteiger partial charge on any atom is -0.490 e. The lowest BCUT2D eigenvalue weighted by atomic mass is 9.98. The lowest BCUT2D eigenvalue weighted by molar-refractivity contribution is -0.116. The number of carbonyl (C=O) groups excluding carboxylic acids is 1. The Balaban J connectivity index is 0.000000500. The summed E-state index contributed by atoms with van der Waals surface area (Å²) in [6, 6.07) is 6.06. The van der Waals surface area contributed by atoms with Gasteiger partial charge in [-0.05, 0) is 61.8 Å². The molecule has 0 unspecified atom stereocenters. The van der Waals surface area contributed by atoms with E-state index in [0.29, 0.717) is 6.10 Å². The highest BCUT2D eigenvalue weighted by Crippen LogP contribution is 2.33. The van der Waals surface area contributed by atoms with Crippen molar-refractivity contribution in [2.45, 2.75) is 79.2 Å². The van der Waals surface area contributed by atoms with Gasteiger partial charge in [-0.15, -0.1) is 11.6 Å². The molecule has 1 aromatic rings. The molecule has 148 valence electrons. The van der Waals surface area contributed by atoms with Crippen molar-refractivity contribution >= 4 is 23.2 Å². The van der Waals surface area contributed by atoms with Gasteiger partial charge in [0.05, 0.1) is 6.10 Å². The Hall–Kier alpha value is -1.22. The third-order valence-corrected chi connectivity index (χ3v) is 4.45. The number of amides is 1. The average molecular weight is 382 g/mol. The van der Waals surface area contributed by atoms with Crippen LogP contribution >= 0.6 is 11.6 Å². The van der Waals surface area contributed by atoms with E-state index < -0.39 is 0 Å². The van der Waals surface area contributed by atoms with Gasteiger partial charge in [0.1, 0.15) is 11.6 Å². The lowest BCUT2D eigenvalue weighted by Crippen LogP contribution is -2.29. The first-order valence-corrected chi connectivity index (χ1v) is 10.7. The Morgan fingerprint density at radius 2 is 1.81 bits per heavy atom. The van der Waals surface area contributed by atoms with E-state index in [4.69, 9.17) is 16.3 Å². The molecule has 0 radical (unpaired) electrons. The summed E-state index contributed by atoms with van der Waals surface area (Å²) in [4.78, 5) is 13.5. The Kier molecular flexibility index (Phi) is 10.7. The molecule has 3 nitrogen and oxygen atoms in total. The predicted octanol–water partition coefficient (Wildman–Crippen LogP) is 6.21. The molecule has 0 saturated heterocycles. The third-order valence-electron chi connectivity index (χ3n) is 4.22. The molecule has 1 fully saturated rings. The summed E-state index contributed by atoms with van der Waals surface area (Å²) in [5.74, 6) is 1.79. The van der Waals surface area contributed by atoms with Crippen molar-refractivity contribution in [2.24, 2.45) is 5.92 Å². The summed E-state index contributed by atoms with van der Waals surface area (Å²) in [5, 5.41) is 0. The van der Waals surface area contributed by atoms with Crippen LogP contribution in [0.5, 0.6) is 5.75 Å². The molecule has 3 rings (SSSR count). The van der Waals surface area contributed by atoms with Gasteiger partial charge in [-0.2, -0.15) is 0 Å². The second-order valence-electron chi connectivity index (χ2n) is 7.33. The van der Waals surface area contributed by atoms with Crippen LogP contribution in [0.2, 0.25) is 0 Å². The summed E-state index contributed by atoms with van der Waals surface area (Å²) < 4.78 is 6.07. The number of alkyl halides is 1. The van der Waals surface area contributed by atoms with E-state index in [1.54, 1.807) is 4.90 Å². The number of anilines is 1. The van der Waals surface area contributed by atoms with Crippen molar-refractivity contribution in [3.8, 4) is 5.75 Å². The zero-order chi connectivity index (χ0) is 19.5. The van der Waals surface area contributed by atoms with Crippen LogP contribution in [0.15, 0.2) is 18.2 Å². The smallest absolute Gasteiger partial charge is 0.241 e. The first kappa shape index (κ1) is 22.8. The van der Waals surface area contributed by atoms with Crippen LogP contribution in [0.1, 0.15) is 72.3 Å². The first-order valence-electron chi connectivity index (χ1n) is 10.2. The number of hydrogen-bond donors (Lipinski definition) is 0. The van der Waals surface area contributed by atoms with Gasteiger partial charge in [-0.25, -0.2) is 0 Å². The van der Waals surface area contributed by atoms with Crippen molar-refractivity contribution in [1.29, 1.82) is 0 Å². The van der Waals surface area contributed by atoms with Gasteiger partial charge in [0.25, 0.3) is 0 Å². The highest BCUT2D eigenvalue weighted by atomic mass is 35.5. The highest BCUT2D eigenvalue weighted by Gasteiger charge is 2.24. The molecule has 1 aliphatic carbocycles. The van der Waals surface area contributed by atoms with E-state index in [1.165, 1.54) is 24.8 Å². The largest absolute Gasteiger partial charge is 0.490 e. The number of fused-ring (bicyclic) bond motifs is 1. The van der Waals surface area contributed by atoms with Gasteiger partial charge in [0.15, 0.2) is 0 Å². The molecule has 2 aliphatic rings. The molecular formula is C22H36ClNO2. The van der Waals surface area contributed by atoms with Crippen molar-refractivity contribution in [3.63, 3.8) is 0 Å². The maximum absolute atomic E-state index is 11.7. The molecule has 1 aliphatic heterocycles. The number of benzene rings is 1. The highest BCUT2D eigenvalue weighted by molar-refractivity contribution is 6.29. The number of hydrogen-bond acceptors (Lipinski definition) is 2. The number of nitrogens with zero attached hydrogens (tertiary/aromatic N) is 1. The van der Waals surface area contributed by atoms with Crippen LogP contribution in [0, 0.1) is 5.92 Å². The third kappa shape index (κ3) is 7.19. The fourth-order valence-electron chi connectivity index (χ4n) is 3.16. The molecular weight excluding hydrogens is 346 g/mol. The Morgan fingerprint density at radius 3 is 2.38 bits per heavy atom. The minimum absolute atomic E-state index is 0.0219. The second kappa shape index (κ2) is 12.2. The second-order valence-corrected chi connectivity index (χ2v) is 7.60. The molecule has 1 aromatic carbocycles. The summed E-state index contributed by atoms with van der Waals surface area (Å²) >= 11 is 5.64. The van der Waals surface area contributed by atoms with Gasteiger partial charge < -0.3 is 9.64 Å². The van der Waals surface area contributed by atoms with E-state index in [0.717, 1.165) is 43.2 Å². The van der Waals surface area contributed by atoms with Crippen molar-refractivity contribution in [3.05, 3.63) is 23.8 Å². The SMILES string of the molecule is CC.CC(C)C.O=C(CCl)N1CCc2cc(OC3CCCCC3)ccc21. The van der Waals surface area contributed by atoms with Gasteiger partial charge in [-0.3, -0.25) is 4.79 Å². The Morgan fingerprint density at radius 1 is 1.19 bits per heavy atom. The van der Waals surface area contributed by atoms with Crippen LogP contribution in [0.4, 0.5) is 5.69 Å². The van der Waals surface area contributed by atoms with Gasteiger partial charge >= 0.3 is 0 Å². The fraction of sp³-hybridized carbons (Fsp3) is 0.682. The lowest BCUT2D eigenvalue weighted by Gasteiger charge is -2.23. The molecule has 0 bridgehead atoms. The van der Waals surface area contributed by atoms with E-state index in [1.807, 2.05) is 26.0 Å². The number of ether oxygens (including phenoxy) is 1. The number of carbonyl (C=O) groups is 1. The number of rotatable bonds is 3. The normalized spacial score (nSPS) is 16.2. The monoisotopic (exact) mass is 381 g/mol. The van der Waals surface area contributed by atoms with Crippen LogP contribution in [-0.4, -0.2) is 24.4 Å². The van der Waals surface area contributed by atoms with E-state index in [9.17, 15) is 4.79 Å². The quantitative estimate of drug-likeness (QED) is 0.582.